The molecule has 1 aromatic carbocycles. The smallest absolute Gasteiger partial charge is 0.261 e. The van der Waals surface area contributed by atoms with Crippen LogP contribution in [0.2, 0.25) is 0 Å². The highest BCUT2D eigenvalue weighted by molar-refractivity contribution is 5.76. The van der Waals surface area contributed by atoms with Gasteiger partial charge in [-0.15, -0.1) is 0 Å². The Hall–Kier alpha value is -1.68. The molecule has 1 fully saturated rings. The summed E-state index contributed by atoms with van der Waals surface area (Å²) in [6.45, 7) is 1.53. The highest BCUT2D eigenvalue weighted by Crippen LogP contribution is 2.17. The van der Waals surface area contributed by atoms with Crippen LogP contribution in [0.3, 0.4) is 0 Å². The molecule has 19 heavy (non-hydrogen) atoms. The number of aromatic nitrogens is 2. The topological polar surface area (TPSA) is 46.9 Å². The number of nitrogens with one attached hydrogen (secondary N) is 1. The van der Waals surface area contributed by atoms with E-state index in [9.17, 15) is 4.79 Å². The predicted molar refractivity (Wildman–Crippen MR) is 76.3 cm³/mol. The Morgan fingerprint density at radius 3 is 2.89 bits per heavy atom. The zero-order valence-electron chi connectivity index (χ0n) is 11.0. The van der Waals surface area contributed by atoms with Gasteiger partial charge in [-0.25, -0.2) is 4.98 Å². The van der Waals surface area contributed by atoms with Crippen LogP contribution in [-0.4, -0.2) is 22.1 Å². The number of benzene rings is 1. The zero-order chi connectivity index (χ0) is 13.1. The van der Waals surface area contributed by atoms with Gasteiger partial charge in [-0.1, -0.05) is 25.0 Å². The fourth-order valence-electron chi connectivity index (χ4n) is 2.78. The van der Waals surface area contributed by atoms with Crippen molar-refractivity contribution in [2.75, 3.05) is 6.54 Å². The van der Waals surface area contributed by atoms with Crippen molar-refractivity contribution in [3.8, 4) is 0 Å². The first-order chi connectivity index (χ1) is 9.34. The molecule has 0 amide bonds. The molecule has 0 unspecified atom stereocenters. The molecule has 2 aromatic rings. The summed E-state index contributed by atoms with van der Waals surface area (Å²) in [6.07, 6.45) is 6.85. The van der Waals surface area contributed by atoms with Gasteiger partial charge in [-0.05, 0) is 25.0 Å². The number of rotatable bonds is 4. The van der Waals surface area contributed by atoms with Crippen molar-refractivity contribution in [2.24, 2.45) is 0 Å². The maximum Gasteiger partial charge on any atom is 0.261 e. The minimum absolute atomic E-state index is 0.0545. The minimum Gasteiger partial charge on any atom is -0.312 e. The normalized spacial score (nSPS) is 16.2. The second-order valence-corrected chi connectivity index (χ2v) is 5.20. The molecule has 0 aliphatic heterocycles. The Morgan fingerprint density at radius 2 is 2.05 bits per heavy atom. The number of nitrogens with zero attached hydrogens (tertiary/aromatic N) is 2. The molecule has 0 radical (unpaired) electrons. The van der Waals surface area contributed by atoms with E-state index in [1.165, 1.54) is 25.7 Å². The van der Waals surface area contributed by atoms with Crippen LogP contribution in [0.4, 0.5) is 0 Å². The summed E-state index contributed by atoms with van der Waals surface area (Å²) in [4.78, 5) is 16.6. The zero-order valence-corrected chi connectivity index (χ0v) is 11.0. The van der Waals surface area contributed by atoms with Crippen molar-refractivity contribution >= 4 is 10.9 Å². The van der Waals surface area contributed by atoms with E-state index >= 15 is 0 Å². The van der Waals surface area contributed by atoms with Crippen LogP contribution in [0.5, 0.6) is 0 Å². The average molecular weight is 257 g/mol. The van der Waals surface area contributed by atoms with Crippen LogP contribution in [0, 0.1) is 0 Å². The molecular formula is C15H19N3O. The van der Waals surface area contributed by atoms with Crippen molar-refractivity contribution < 1.29 is 0 Å². The van der Waals surface area contributed by atoms with Gasteiger partial charge in [0.25, 0.3) is 5.56 Å². The van der Waals surface area contributed by atoms with Crippen LogP contribution in [0.25, 0.3) is 10.9 Å². The fourth-order valence-corrected chi connectivity index (χ4v) is 2.78. The first-order valence-electron chi connectivity index (χ1n) is 7.02. The summed E-state index contributed by atoms with van der Waals surface area (Å²) >= 11 is 0. The number of hydrogen-bond donors (Lipinski definition) is 1. The van der Waals surface area contributed by atoms with E-state index in [0.717, 1.165) is 12.1 Å². The SMILES string of the molecule is O=c1c2ccccc2ncn1CCNC1CCCC1. The van der Waals surface area contributed by atoms with Crippen LogP contribution in [-0.2, 0) is 6.54 Å². The highest BCUT2D eigenvalue weighted by Gasteiger charge is 2.13. The summed E-state index contributed by atoms with van der Waals surface area (Å²) in [5.74, 6) is 0. The lowest BCUT2D eigenvalue weighted by atomic mass is 10.2. The summed E-state index contributed by atoms with van der Waals surface area (Å²) in [7, 11) is 0. The second-order valence-electron chi connectivity index (χ2n) is 5.20. The molecular weight excluding hydrogens is 238 g/mol. The molecule has 1 saturated carbocycles. The first kappa shape index (κ1) is 12.4. The van der Waals surface area contributed by atoms with Crippen molar-refractivity contribution in [3.05, 3.63) is 40.9 Å². The van der Waals surface area contributed by atoms with E-state index < -0.39 is 0 Å². The highest BCUT2D eigenvalue weighted by atomic mass is 16.1. The molecule has 4 heteroatoms. The minimum atomic E-state index is 0.0545. The Morgan fingerprint density at radius 1 is 1.26 bits per heavy atom. The van der Waals surface area contributed by atoms with E-state index in [4.69, 9.17) is 0 Å². The summed E-state index contributed by atoms with van der Waals surface area (Å²) in [6, 6.07) is 8.14. The summed E-state index contributed by atoms with van der Waals surface area (Å²) < 4.78 is 1.70. The molecule has 1 N–H and O–H groups in total. The van der Waals surface area contributed by atoms with Gasteiger partial charge < -0.3 is 5.32 Å². The van der Waals surface area contributed by atoms with Crippen molar-refractivity contribution in [1.82, 2.24) is 14.9 Å². The van der Waals surface area contributed by atoms with E-state index in [0.29, 0.717) is 18.0 Å². The number of hydrogen-bond acceptors (Lipinski definition) is 3. The number of fused-ring (bicyclic) bond motifs is 1. The predicted octanol–water partition coefficient (Wildman–Crippen LogP) is 1.93. The molecule has 0 saturated heterocycles. The van der Waals surface area contributed by atoms with Gasteiger partial charge in [0.05, 0.1) is 17.2 Å². The van der Waals surface area contributed by atoms with Crippen molar-refractivity contribution in [2.45, 2.75) is 38.3 Å². The van der Waals surface area contributed by atoms with E-state index in [1.807, 2.05) is 24.3 Å². The second kappa shape index (κ2) is 5.53. The Balaban J connectivity index is 1.70. The lowest BCUT2D eigenvalue weighted by Crippen LogP contribution is -2.32. The van der Waals surface area contributed by atoms with E-state index in [1.54, 1.807) is 10.9 Å². The van der Waals surface area contributed by atoms with Crippen molar-refractivity contribution in [1.29, 1.82) is 0 Å². The molecule has 1 heterocycles. The lowest BCUT2D eigenvalue weighted by Gasteiger charge is -2.12. The molecule has 0 bridgehead atoms. The number of para-hydroxylation sites is 1. The van der Waals surface area contributed by atoms with E-state index in [-0.39, 0.29) is 5.56 Å². The maximum atomic E-state index is 12.3. The Bertz CT molecular complexity index is 614. The maximum absolute atomic E-state index is 12.3. The van der Waals surface area contributed by atoms with Gasteiger partial charge in [0.2, 0.25) is 0 Å². The Labute approximate surface area is 112 Å². The van der Waals surface area contributed by atoms with Gasteiger partial charge in [0.1, 0.15) is 0 Å². The third-order valence-electron chi connectivity index (χ3n) is 3.87. The van der Waals surface area contributed by atoms with Gasteiger partial charge in [0, 0.05) is 19.1 Å². The molecule has 0 atom stereocenters. The third-order valence-corrected chi connectivity index (χ3v) is 3.87. The monoisotopic (exact) mass is 257 g/mol. The summed E-state index contributed by atoms with van der Waals surface area (Å²) in [5, 5.41) is 4.22. The average Bonchev–Trinajstić information content (AvgIpc) is 2.95. The van der Waals surface area contributed by atoms with Crippen LogP contribution in [0.15, 0.2) is 35.4 Å². The van der Waals surface area contributed by atoms with Crippen LogP contribution in [0.1, 0.15) is 25.7 Å². The molecule has 100 valence electrons. The molecule has 1 aliphatic carbocycles. The van der Waals surface area contributed by atoms with Crippen LogP contribution >= 0.6 is 0 Å². The van der Waals surface area contributed by atoms with Gasteiger partial charge in [-0.2, -0.15) is 0 Å². The van der Waals surface area contributed by atoms with E-state index in [2.05, 4.69) is 10.3 Å². The molecule has 0 spiro atoms. The largest absolute Gasteiger partial charge is 0.312 e. The quantitative estimate of drug-likeness (QED) is 0.910. The van der Waals surface area contributed by atoms with Crippen LogP contribution < -0.4 is 10.9 Å². The molecule has 4 nitrogen and oxygen atoms in total. The standard InChI is InChI=1S/C15H19N3O/c19-15-13-7-3-4-8-14(13)17-11-18(15)10-9-16-12-5-1-2-6-12/h3-4,7-8,11-12,16H,1-2,5-6,9-10H2. The third kappa shape index (κ3) is 2.68. The fraction of sp³-hybridized carbons (Fsp3) is 0.467. The lowest BCUT2D eigenvalue weighted by molar-refractivity contribution is 0.491. The first-order valence-corrected chi connectivity index (χ1v) is 7.02. The summed E-state index contributed by atoms with van der Waals surface area (Å²) in [5.41, 5.74) is 0.825. The van der Waals surface area contributed by atoms with Gasteiger partial charge in [0.15, 0.2) is 0 Å². The Kier molecular flexibility index (Phi) is 3.60. The van der Waals surface area contributed by atoms with Gasteiger partial charge in [-0.3, -0.25) is 9.36 Å². The molecule has 3 rings (SSSR count). The van der Waals surface area contributed by atoms with Gasteiger partial charge >= 0.3 is 0 Å². The molecule has 1 aromatic heterocycles. The molecule has 1 aliphatic rings. The van der Waals surface area contributed by atoms with Crippen molar-refractivity contribution in [3.63, 3.8) is 0 Å².